The number of fused-ring (bicyclic) bond motifs is 11. The van der Waals surface area contributed by atoms with Crippen molar-refractivity contribution >= 4 is 17.1 Å². The summed E-state index contributed by atoms with van der Waals surface area (Å²) in [7, 11) is 0. The maximum absolute atomic E-state index is 2.68. The second-order valence-electron chi connectivity index (χ2n) is 19.2. The minimum Gasteiger partial charge on any atom is -0.310 e. The highest BCUT2D eigenvalue weighted by Gasteiger charge is 2.61. The Morgan fingerprint density at radius 2 is 0.891 bits per heavy atom. The van der Waals surface area contributed by atoms with E-state index < -0.39 is 0 Å². The van der Waals surface area contributed by atoms with Crippen LogP contribution in [0.25, 0.3) is 33.4 Å². The second kappa shape index (κ2) is 10.7. The molecule has 0 radical (unpaired) electrons. The Balaban J connectivity index is 1.04. The molecule has 6 aromatic rings. The number of rotatable bonds is 3. The van der Waals surface area contributed by atoms with Gasteiger partial charge in [-0.25, -0.2) is 0 Å². The van der Waals surface area contributed by atoms with E-state index >= 15 is 0 Å². The minimum absolute atomic E-state index is 0.0661. The van der Waals surface area contributed by atoms with E-state index in [2.05, 4.69) is 146 Å². The van der Waals surface area contributed by atoms with Crippen molar-refractivity contribution in [3.63, 3.8) is 0 Å². The number of benzene rings is 6. The van der Waals surface area contributed by atoms with Crippen LogP contribution in [0.15, 0.2) is 127 Å². The topological polar surface area (TPSA) is 3.24 Å². The molecular weight excluding hydrogens is 663 g/mol. The zero-order valence-corrected chi connectivity index (χ0v) is 32.2. The molecule has 0 aliphatic heterocycles. The molecule has 1 heteroatoms. The van der Waals surface area contributed by atoms with E-state index in [-0.39, 0.29) is 16.2 Å². The zero-order chi connectivity index (χ0) is 36.3. The summed E-state index contributed by atoms with van der Waals surface area (Å²) < 4.78 is 0. The Morgan fingerprint density at radius 1 is 0.418 bits per heavy atom. The molecule has 4 bridgehead atoms. The SMILES string of the molecule is CC1(C)c2ccccc2-c2ccc(N(c3ccc4c(c3)-c3ccccc3C43CCCC3)c3ccc4c(c3)C3(c5ccccc5-4)C4CC5CC(C4)CC3C5)cc21. The van der Waals surface area contributed by atoms with Crippen molar-refractivity contribution in [3.8, 4) is 33.4 Å². The van der Waals surface area contributed by atoms with E-state index in [1.807, 2.05) is 0 Å². The molecule has 1 nitrogen and oxygen atoms in total. The minimum atomic E-state index is -0.0661. The molecule has 270 valence electrons. The Hall–Kier alpha value is -4.88. The zero-order valence-electron chi connectivity index (χ0n) is 32.2. The normalized spacial score (nSPS) is 27.2. The molecule has 2 spiro atoms. The molecule has 55 heavy (non-hydrogen) atoms. The molecule has 0 aromatic heterocycles. The highest BCUT2D eigenvalue weighted by molar-refractivity contribution is 5.91. The van der Waals surface area contributed by atoms with Crippen LogP contribution in [-0.4, -0.2) is 0 Å². The summed E-state index contributed by atoms with van der Waals surface area (Å²) in [6.45, 7) is 4.84. The maximum atomic E-state index is 2.68. The van der Waals surface area contributed by atoms with Crippen LogP contribution in [0.4, 0.5) is 17.1 Å². The van der Waals surface area contributed by atoms with Gasteiger partial charge in [-0.15, -0.1) is 0 Å². The van der Waals surface area contributed by atoms with Gasteiger partial charge in [-0.1, -0.05) is 118 Å². The molecular formula is C54H49N. The van der Waals surface area contributed by atoms with Gasteiger partial charge in [0.1, 0.15) is 0 Å². The van der Waals surface area contributed by atoms with Crippen LogP contribution in [0.2, 0.25) is 0 Å². The van der Waals surface area contributed by atoms with E-state index in [0.29, 0.717) is 0 Å². The van der Waals surface area contributed by atoms with Gasteiger partial charge in [0.2, 0.25) is 0 Å². The fourth-order valence-electron chi connectivity index (χ4n) is 14.7. The molecule has 6 aromatic carbocycles. The van der Waals surface area contributed by atoms with Crippen LogP contribution in [0.5, 0.6) is 0 Å². The predicted molar refractivity (Wildman–Crippen MR) is 227 cm³/mol. The lowest BCUT2D eigenvalue weighted by molar-refractivity contribution is -0.0399. The van der Waals surface area contributed by atoms with E-state index in [1.54, 1.807) is 22.3 Å². The molecule has 0 saturated heterocycles. The standard InChI is InChI=1S/C54H49N/c1-52(2)46-14-6-3-11-40(46)43-20-17-38(31-50(43)52)55(37-19-22-48-45(30-37)42-13-4-7-15-47(42)53(48)23-9-10-24-53)39-18-21-44-41-12-5-8-16-49(41)54(51(44)32-39)35-26-33-25-34(28-35)29-36(54)27-33/h3-8,11-22,30-36H,9-10,23-29H2,1-2H3. The molecule has 0 N–H and O–H groups in total. The lowest BCUT2D eigenvalue weighted by Gasteiger charge is -2.61. The fourth-order valence-corrected chi connectivity index (χ4v) is 14.7. The molecule has 8 aliphatic rings. The molecule has 14 rings (SSSR count). The van der Waals surface area contributed by atoms with Crippen molar-refractivity contribution < 1.29 is 0 Å². The van der Waals surface area contributed by atoms with Crippen molar-refractivity contribution in [1.29, 1.82) is 0 Å². The molecule has 0 heterocycles. The summed E-state index contributed by atoms with van der Waals surface area (Å²) in [4.78, 5) is 2.63. The number of hydrogen-bond acceptors (Lipinski definition) is 1. The van der Waals surface area contributed by atoms with Crippen molar-refractivity contribution in [3.05, 3.63) is 161 Å². The van der Waals surface area contributed by atoms with Gasteiger partial charge in [-0.05, 0) is 172 Å². The van der Waals surface area contributed by atoms with Gasteiger partial charge in [-0.3, -0.25) is 0 Å². The molecule has 8 aliphatic carbocycles. The van der Waals surface area contributed by atoms with Gasteiger partial charge < -0.3 is 4.90 Å². The molecule has 5 fully saturated rings. The first kappa shape index (κ1) is 31.3. The number of hydrogen-bond donors (Lipinski definition) is 0. The van der Waals surface area contributed by atoms with Crippen LogP contribution in [0.1, 0.15) is 105 Å². The first-order valence-electron chi connectivity index (χ1n) is 21.5. The molecule has 0 unspecified atom stereocenters. The Labute approximate surface area is 326 Å². The molecule has 0 amide bonds. The lowest BCUT2D eigenvalue weighted by Crippen LogP contribution is -2.55. The summed E-state index contributed by atoms with van der Waals surface area (Å²) in [5.74, 6) is 3.35. The van der Waals surface area contributed by atoms with Crippen molar-refractivity contribution in [1.82, 2.24) is 0 Å². The molecule has 5 saturated carbocycles. The van der Waals surface area contributed by atoms with Crippen molar-refractivity contribution in [2.45, 2.75) is 87.9 Å². The summed E-state index contributed by atoms with van der Waals surface area (Å²) in [5, 5.41) is 0. The average Bonchev–Trinajstić information content (AvgIpc) is 3.94. The van der Waals surface area contributed by atoms with Gasteiger partial charge in [0, 0.05) is 33.3 Å². The maximum Gasteiger partial charge on any atom is 0.0468 e. The average molecular weight is 712 g/mol. The third-order valence-corrected chi connectivity index (χ3v) is 16.6. The first-order valence-corrected chi connectivity index (χ1v) is 21.5. The van der Waals surface area contributed by atoms with Crippen LogP contribution < -0.4 is 4.90 Å². The number of nitrogens with zero attached hydrogens (tertiary/aromatic N) is 1. The van der Waals surface area contributed by atoms with E-state index in [1.165, 1.54) is 119 Å². The van der Waals surface area contributed by atoms with Crippen LogP contribution in [0, 0.1) is 23.7 Å². The van der Waals surface area contributed by atoms with Gasteiger partial charge >= 0.3 is 0 Å². The summed E-state index contributed by atoms with van der Waals surface area (Å²) in [6.07, 6.45) is 12.3. The quantitative estimate of drug-likeness (QED) is 0.177. The monoisotopic (exact) mass is 711 g/mol. The highest BCUT2D eigenvalue weighted by Crippen LogP contribution is 2.70. The van der Waals surface area contributed by atoms with Gasteiger partial charge in [0.15, 0.2) is 0 Å². The number of anilines is 3. The van der Waals surface area contributed by atoms with Crippen molar-refractivity contribution in [2.75, 3.05) is 4.90 Å². The largest absolute Gasteiger partial charge is 0.310 e. The highest BCUT2D eigenvalue weighted by atomic mass is 15.1. The van der Waals surface area contributed by atoms with Crippen LogP contribution >= 0.6 is 0 Å². The van der Waals surface area contributed by atoms with Gasteiger partial charge in [0.25, 0.3) is 0 Å². The second-order valence-corrected chi connectivity index (χ2v) is 19.2. The van der Waals surface area contributed by atoms with E-state index in [9.17, 15) is 0 Å². The van der Waals surface area contributed by atoms with E-state index in [0.717, 1.165) is 23.7 Å². The van der Waals surface area contributed by atoms with Crippen LogP contribution in [-0.2, 0) is 16.2 Å². The first-order chi connectivity index (χ1) is 26.9. The summed E-state index contributed by atoms with van der Waals surface area (Å²) in [6, 6.07) is 50.6. The third-order valence-electron chi connectivity index (χ3n) is 16.6. The lowest BCUT2D eigenvalue weighted by atomic mass is 9.43. The smallest absolute Gasteiger partial charge is 0.0468 e. The Morgan fingerprint density at radius 3 is 1.56 bits per heavy atom. The predicted octanol–water partition coefficient (Wildman–Crippen LogP) is 14.0. The van der Waals surface area contributed by atoms with E-state index in [4.69, 9.17) is 0 Å². The fraction of sp³-hybridized carbons (Fsp3) is 0.333. The van der Waals surface area contributed by atoms with Gasteiger partial charge in [-0.2, -0.15) is 0 Å². The Bertz CT molecular complexity index is 2590. The van der Waals surface area contributed by atoms with Crippen LogP contribution in [0.3, 0.4) is 0 Å². The summed E-state index contributed by atoms with van der Waals surface area (Å²) in [5.41, 5.74) is 21.9. The van der Waals surface area contributed by atoms with Gasteiger partial charge in [0.05, 0.1) is 0 Å². The van der Waals surface area contributed by atoms with Crippen molar-refractivity contribution in [2.24, 2.45) is 23.7 Å². The summed E-state index contributed by atoms with van der Waals surface area (Å²) >= 11 is 0. The Kier molecular flexibility index (Phi) is 6.09. The third kappa shape index (κ3) is 3.86. The molecule has 0 atom stereocenters.